The molecule has 1 unspecified atom stereocenters. The van der Waals surface area contributed by atoms with Crippen molar-refractivity contribution >= 4 is 17.6 Å². The van der Waals surface area contributed by atoms with Gasteiger partial charge in [0, 0.05) is 25.2 Å². The number of amides is 1. The number of hydrogen-bond donors (Lipinski definition) is 3. The van der Waals surface area contributed by atoms with Crippen molar-refractivity contribution in [2.24, 2.45) is 10.7 Å². The average molecular weight is 397 g/mol. The van der Waals surface area contributed by atoms with Gasteiger partial charge in [0.15, 0.2) is 11.5 Å². The molecular weight excluding hydrogens is 373 g/mol. The summed E-state index contributed by atoms with van der Waals surface area (Å²) in [6.07, 6.45) is 3.11. The fraction of sp³-hybridized carbons (Fsp3) is 0.350. The van der Waals surface area contributed by atoms with Gasteiger partial charge in [0.1, 0.15) is 23.2 Å². The molecule has 152 valence electrons. The monoisotopic (exact) mass is 397 g/mol. The van der Waals surface area contributed by atoms with Crippen LogP contribution in [0.4, 0.5) is 10.2 Å². The molecule has 1 aromatic heterocycles. The molecule has 0 aliphatic carbocycles. The summed E-state index contributed by atoms with van der Waals surface area (Å²) in [5.74, 6) is 1.80. The Labute approximate surface area is 168 Å². The smallest absolute Gasteiger partial charge is 0.238 e. The number of aliphatic imine (C=N–C) groups is 1. The van der Waals surface area contributed by atoms with Crippen LogP contribution in [0.25, 0.3) is 11.3 Å². The molecule has 2 aromatic rings. The van der Waals surface area contributed by atoms with Crippen LogP contribution in [0.2, 0.25) is 0 Å². The van der Waals surface area contributed by atoms with Gasteiger partial charge in [-0.15, -0.1) is 0 Å². The van der Waals surface area contributed by atoms with E-state index in [1.54, 1.807) is 18.2 Å². The molecule has 8 nitrogen and oxygen atoms in total. The number of carbonyl (C=O) groups excluding carboxylic acids is 1. The Hall–Kier alpha value is -3.20. The third kappa shape index (κ3) is 3.17. The third-order valence-corrected chi connectivity index (χ3v) is 5.32. The first-order valence-corrected chi connectivity index (χ1v) is 9.60. The molecule has 1 saturated heterocycles. The first-order valence-electron chi connectivity index (χ1n) is 9.60. The maximum atomic E-state index is 13.5. The van der Waals surface area contributed by atoms with Crippen LogP contribution in [0.15, 0.2) is 41.5 Å². The van der Waals surface area contributed by atoms with Gasteiger partial charge < -0.3 is 20.5 Å². The van der Waals surface area contributed by atoms with E-state index in [4.69, 9.17) is 10.7 Å². The normalized spacial score (nSPS) is 21.6. The topological polar surface area (TPSA) is 101 Å². The lowest BCUT2D eigenvalue weighted by Crippen LogP contribution is -2.53. The van der Waals surface area contributed by atoms with Crippen molar-refractivity contribution in [2.45, 2.75) is 26.1 Å². The Bertz CT molecular complexity index is 995. The minimum absolute atomic E-state index is 0.0545. The van der Waals surface area contributed by atoms with Crippen molar-refractivity contribution < 1.29 is 9.18 Å². The van der Waals surface area contributed by atoms with Crippen LogP contribution in [-0.4, -0.2) is 45.8 Å². The zero-order chi connectivity index (χ0) is 20.6. The number of imidazole rings is 1. The van der Waals surface area contributed by atoms with Crippen LogP contribution in [0, 0.1) is 5.82 Å². The molecule has 1 amide bonds. The van der Waals surface area contributed by atoms with Crippen LogP contribution in [-0.2, 0) is 17.0 Å². The zero-order valence-electron chi connectivity index (χ0n) is 16.4. The summed E-state index contributed by atoms with van der Waals surface area (Å²) in [6, 6.07) is 6.20. The van der Waals surface area contributed by atoms with Gasteiger partial charge in [0.2, 0.25) is 5.91 Å². The second-order valence-corrected chi connectivity index (χ2v) is 7.11. The summed E-state index contributed by atoms with van der Waals surface area (Å²) in [7, 11) is 0. The number of nitrogens with zero attached hydrogens (tertiary/aromatic N) is 4. The van der Waals surface area contributed by atoms with Crippen LogP contribution < -0.4 is 16.4 Å². The number of benzene rings is 1. The number of carbonyl (C=O) groups is 1. The summed E-state index contributed by atoms with van der Waals surface area (Å²) in [5.41, 5.74) is 6.31. The Balaban J connectivity index is 1.87. The van der Waals surface area contributed by atoms with Gasteiger partial charge in [-0.1, -0.05) is 0 Å². The summed E-state index contributed by atoms with van der Waals surface area (Å²) in [6.45, 7) is 5.90. The predicted molar refractivity (Wildman–Crippen MR) is 110 cm³/mol. The fourth-order valence-corrected chi connectivity index (χ4v) is 3.93. The molecular formula is C20H24FN7O. The molecule has 2 aliphatic rings. The average Bonchev–Trinajstić information content (AvgIpc) is 3.21. The molecule has 2 aliphatic heterocycles. The number of nitrogens with one attached hydrogen (secondary N) is 2. The Morgan fingerprint density at radius 3 is 2.86 bits per heavy atom. The van der Waals surface area contributed by atoms with Crippen LogP contribution >= 0.6 is 0 Å². The van der Waals surface area contributed by atoms with Gasteiger partial charge in [-0.05, 0) is 50.4 Å². The largest absolute Gasteiger partial charge is 0.404 e. The Morgan fingerprint density at radius 2 is 2.17 bits per heavy atom. The molecule has 0 spiro atoms. The standard InChI is InChI=1S/C20H24FN7O/c1-3-23-15(8-9-22)25-18-17(13-4-6-14(21)7-5-13)26-19-20(2)24-12-16(29)28(20)11-10-27(18)19/h4-9,24H,3,10-12,22H2,1-2H3,(H,23,25). The molecule has 4 N–H and O–H groups in total. The summed E-state index contributed by atoms with van der Waals surface area (Å²) in [4.78, 5) is 23.4. The van der Waals surface area contributed by atoms with Crippen LogP contribution in [0.5, 0.6) is 0 Å². The summed E-state index contributed by atoms with van der Waals surface area (Å²) >= 11 is 0. The molecule has 0 radical (unpaired) electrons. The summed E-state index contributed by atoms with van der Waals surface area (Å²) in [5, 5.41) is 6.62. The first kappa shape index (κ1) is 19.1. The van der Waals surface area contributed by atoms with Gasteiger partial charge in [-0.2, -0.15) is 0 Å². The lowest BCUT2D eigenvalue weighted by Gasteiger charge is -2.39. The van der Waals surface area contributed by atoms with Gasteiger partial charge >= 0.3 is 0 Å². The van der Waals surface area contributed by atoms with E-state index in [2.05, 4.69) is 20.2 Å². The lowest BCUT2D eigenvalue weighted by atomic mass is 10.1. The van der Waals surface area contributed by atoms with E-state index in [0.717, 1.165) is 17.2 Å². The summed E-state index contributed by atoms with van der Waals surface area (Å²) < 4.78 is 15.5. The van der Waals surface area contributed by atoms with E-state index in [1.165, 1.54) is 18.3 Å². The molecule has 1 aromatic carbocycles. The maximum Gasteiger partial charge on any atom is 0.238 e. The van der Waals surface area contributed by atoms with Crippen molar-refractivity contribution in [3.8, 4) is 11.3 Å². The molecule has 1 fully saturated rings. The predicted octanol–water partition coefficient (Wildman–Crippen LogP) is 1.61. The number of fused-ring (bicyclic) bond motifs is 3. The number of halogens is 1. The van der Waals surface area contributed by atoms with Crippen LogP contribution in [0.1, 0.15) is 19.7 Å². The Kier molecular flexibility index (Phi) is 4.83. The van der Waals surface area contributed by atoms with Crippen LogP contribution in [0.3, 0.4) is 0 Å². The van der Waals surface area contributed by atoms with Crippen molar-refractivity contribution in [2.75, 3.05) is 25.0 Å². The zero-order valence-corrected chi connectivity index (χ0v) is 16.4. The highest BCUT2D eigenvalue weighted by Gasteiger charge is 2.49. The molecule has 3 heterocycles. The minimum Gasteiger partial charge on any atom is -0.404 e. The lowest BCUT2D eigenvalue weighted by molar-refractivity contribution is -0.131. The maximum absolute atomic E-state index is 13.5. The van der Waals surface area contributed by atoms with Crippen molar-refractivity contribution in [1.82, 2.24) is 19.8 Å². The van der Waals surface area contributed by atoms with E-state index in [1.807, 2.05) is 18.7 Å². The third-order valence-electron chi connectivity index (χ3n) is 5.32. The van der Waals surface area contributed by atoms with Crippen molar-refractivity contribution in [3.05, 3.63) is 48.2 Å². The minimum atomic E-state index is -0.699. The first-order chi connectivity index (χ1) is 14.0. The molecule has 0 bridgehead atoms. The number of hydrogen-bond acceptors (Lipinski definition) is 5. The second-order valence-electron chi connectivity index (χ2n) is 7.11. The van der Waals surface area contributed by atoms with Gasteiger partial charge in [0.25, 0.3) is 0 Å². The second kappa shape index (κ2) is 7.32. The molecule has 29 heavy (non-hydrogen) atoms. The highest BCUT2D eigenvalue weighted by molar-refractivity contribution is 6.05. The van der Waals surface area contributed by atoms with E-state index in [0.29, 0.717) is 31.2 Å². The number of rotatable bonds is 4. The van der Waals surface area contributed by atoms with Gasteiger partial charge in [0.05, 0.1) is 6.54 Å². The highest BCUT2D eigenvalue weighted by Crippen LogP contribution is 2.39. The number of anilines is 1. The molecule has 4 rings (SSSR count). The fourth-order valence-electron chi connectivity index (χ4n) is 3.93. The van der Waals surface area contributed by atoms with E-state index < -0.39 is 5.66 Å². The molecule has 9 heteroatoms. The van der Waals surface area contributed by atoms with Crippen molar-refractivity contribution in [1.29, 1.82) is 0 Å². The number of nitrogens with two attached hydrogens (primary N) is 1. The number of amidine groups is 1. The highest BCUT2D eigenvalue weighted by atomic mass is 19.1. The Morgan fingerprint density at radius 1 is 1.41 bits per heavy atom. The molecule has 1 atom stereocenters. The quantitative estimate of drug-likeness (QED) is 0.538. The van der Waals surface area contributed by atoms with Gasteiger partial charge in [-0.3, -0.25) is 15.1 Å². The SMILES string of the molecule is CCN=C(C=CN)Nc1c(-c2ccc(F)cc2)nc2n1CCN1C(=O)CNC21C. The van der Waals surface area contributed by atoms with E-state index in [9.17, 15) is 9.18 Å². The number of aromatic nitrogens is 2. The van der Waals surface area contributed by atoms with E-state index in [-0.39, 0.29) is 18.3 Å². The van der Waals surface area contributed by atoms with E-state index >= 15 is 0 Å². The van der Waals surface area contributed by atoms with Crippen molar-refractivity contribution in [3.63, 3.8) is 0 Å². The van der Waals surface area contributed by atoms with Gasteiger partial charge in [-0.25, -0.2) is 9.37 Å². The molecule has 0 saturated carbocycles.